The van der Waals surface area contributed by atoms with E-state index in [0.717, 1.165) is 33.5 Å². The largest absolute Gasteiger partial charge is 0.488 e. The Morgan fingerprint density at radius 2 is 1.55 bits per heavy atom. The fourth-order valence-corrected chi connectivity index (χ4v) is 5.76. The van der Waals surface area contributed by atoms with Crippen LogP contribution in [-0.4, -0.2) is 72.6 Å². The molecule has 1 saturated heterocycles. The highest BCUT2D eigenvalue weighted by atomic mass is 16.6. The maximum absolute atomic E-state index is 12.8. The first-order valence-corrected chi connectivity index (χ1v) is 14.3. The van der Waals surface area contributed by atoms with Crippen molar-refractivity contribution in [1.29, 1.82) is 0 Å². The van der Waals surface area contributed by atoms with Crippen molar-refractivity contribution in [2.45, 2.75) is 45.8 Å². The number of rotatable bonds is 6. The van der Waals surface area contributed by atoms with E-state index >= 15 is 0 Å². The molecule has 0 spiro atoms. The first-order chi connectivity index (χ1) is 20.0. The van der Waals surface area contributed by atoms with Crippen LogP contribution in [0.3, 0.4) is 0 Å². The number of anilines is 1. The van der Waals surface area contributed by atoms with Gasteiger partial charge in [0.15, 0.2) is 0 Å². The summed E-state index contributed by atoms with van der Waals surface area (Å²) in [4.78, 5) is 29.1. The van der Waals surface area contributed by atoms with Crippen molar-refractivity contribution in [3.05, 3.63) is 82.9 Å². The van der Waals surface area contributed by atoms with Gasteiger partial charge in [0.1, 0.15) is 12.2 Å². The summed E-state index contributed by atoms with van der Waals surface area (Å²) in [5.41, 5.74) is 6.69. The minimum atomic E-state index is -1.67. The normalized spacial score (nSPS) is 14.7. The molecule has 0 unspecified atom stereocenters. The third-order valence-electron chi connectivity index (χ3n) is 7.81. The summed E-state index contributed by atoms with van der Waals surface area (Å²) in [6.07, 6.45) is -0.887. The van der Waals surface area contributed by atoms with Gasteiger partial charge < -0.3 is 34.6 Å². The van der Waals surface area contributed by atoms with Gasteiger partial charge in [-0.3, -0.25) is 0 Å². The van der Waals surface area contributed by atoms with Gasteiger partial charge in [-0.25, -0.2) is 9.59 Å². The Balaban J connectivity index is 1.23. The fraction of sp³-hybridized carbons (Fsp3) is 0.375. The van der Waals surface area contributed by atoms with E-state index in [1.54, 1.807) is 11.0 Å². The lowest BCUT2D eigenvalue weighted by Crippen LogP contribution is -2.50. The summed E-state index contributed by atoms with van der Waals surface area (Å²) >= 11 is 0. The van der Waals surface area contributed by atoms with Gasteiger partial charge in [0.2, 0.25) is 0 Å². The number of hydrogen-bond donors (Lipinski definition) is 3. The summed E-state index contributed by atoms with van der Waals surface area (Å²) < 4.78 is 11.2. The first kappa shape index (κ1) is 29.5. The molecule has 3 aromatic carbocycles. The summed E-state index contributed by atoms with van der Waals surface area (Å²) in [6, 6.07) is 20.0. The number of carbonyl (C=O) groups is 2. The van der Waals surface area contributed by atoms with Gasteiger partial charge in [-0.15, -0.1) is 0 Å². The molecule has 2 amide bonds. The molecule has 42 heavy (non-hydrogen) atoms. The van der Waals surface area contributed by atoms with Crippen molar-refractivity contribution in [2.24, 2.45) is 0 Å². The number of benzene rings is 3. The van der Waals surface area contributed by atoms with E-state index in [-0.39, 0.29) is 25.2 Å². The Morgan fingerprint density at radius 1 is 0.952 bits per heavy atom. The smallest absolute Gasteiger partial charge is 0.449 e. The lowest BCUT2D eigenvalue weighted by Gasteiger charge is -2.37. The summed E-state index contributed by atoms with van der Waals surface area (Å²) in [5, 5.41) is 23.0. The lowest BCUT2D eigenvalue weighted by atomic mass is 9.75. The van der Waals surface area contributed by atoms with Crippen molar-refractivity contribution >= 4 is 30.5 Å². The summed E-state index contributed by atoms with van der Waals surface area (Å²) in [5.74, 6) is -0.0374. The molecule has 9 nitrogen and oxygen atoms in total. The molecule has 1 aliphatic heterocycles. The van der Waals surface area contributed by atoms with Crippen molar-refractivity contribution in [1.82, 2.24) is 10.2 Å². The highest BCUT2D eigenvalue weighted by Gasteiger charge is 2.30. The molecule has 1 heterocycles. The van der Waals surface area contributed by atoms with Gasteiger partial charge >= 0.3 is 19.3 Å². The zero-order valence-electron chi connectivity index (χ0n) is 24.6. The first-order valence-electron chi connectivity index (χ1n) is 14.3. The molecule has 3 N–H and O–H groups in total. The Kier molecular flexibility index (Phi) is 8.47. The molecule has 0 atom stereocenters. The highest BCUT2D eigenvalue weighted by Crippen LogP contribution is 2.44. The minimum Gasteiger partial charge on any atom is -0.449 e. The van der Waals surface area contributed by atoms with E-state index in [1.165, 1.54) is 0 Å². The highest BCUT2D eigenvalue weighted by molar-refractivity contribution is 6.59. The Bertz CT molecular complexity index is 1420. The molecule has 0 bridgehead atoms. The monoisotopic (exact) mass is 571 g/mol. The summed E-state index contributed by atoms with van der Waals surface area (Å²) in [6.45, 7) is 9.81. The molecule has 1 aliphatic carbocycles. The molecule has 10 heteroatoms. The van der Waals surface area contributed by atoms with Crippen molar-refractivity contribution in [3.63, 3.8) is 0 Å². The number of nitrogens with one attached hydrogen (secondary N) is 1. The predicted octanol–water partition coefficient (Wildman–Crippen LogP) is 3.77. The summed E-state index contributed by atoms with van der Waals surface area (Å²) in [7, 11) is -1.67. The Hall–Kier alpha value is -4.02. The number of carbonyl (C=O) groups excluding carboxylic acids is 2. The molecule has 3 aromatic rings. The van der Waals surface area contributed by atoms with E-state index < -0.39 is 18.8 Å². The Labute approximate surface area is 247 Å². The van der Waals surface area contributed by atoms with Crippen molar-refractivity contribution < 1.29 is 29.1 Å². The van der Waals surface area contributed by atoms with Crippen LogP contribution in [0.25, 0.3) is 11.1 Å². The van der Waals surface area contributed by atoms with Gasteiger partial charge in [0.05, 0.1) is 0 Å². The zero-order valence-corrected chi connectivity index (χ0v) is 24.6. The number of ether oxygens (including phenoxy) is 2. The molecule has 0 radical (unpaired) electrons. The van der Waals surface area contributed by atoms with Crippen LogP contribution >= 0.6 is 0 Å². The molecule has 220 valence electrons. The molecule has 2 aliphatic rings. The van der Waals surface area contributed by atoms with Crippen LogP contribution in [0.1, 0.15) is 48.9 Å². The minimum absolute atomic E-state index is 0.0374. The van der Waals surface area contributed by atoms with Crippen LogP contribution in [0.5, 0.6) is 0 Å². The number of alkyl carbamates (subject to hydrolysis) is 1. The number of amides is 2. The second kappa shape index (κ2) is 12.1. The number of nitrogens with zero attached hydrogens (tertiary/aromatic N) is 2. The van der Waals surface area contributed by atoms with Crippen LogP contribution in [0.4, 0.5) is 15.3 Å². The second-order valence-electron chi connectivity index (χ2n) is 11.8. The Morgan fingerprint density at radius 3 is 2.12 bits per heavy atom. The van der Waals surface area contributed by atoms with Crippen LogP contribution in [0.15, 0.2) is 60.7 Å². The third-order valence-corrected chi connectivity index (χ3v) is 7.81. The standard InChI is InChI=1S/C32H38BN3O6/c1-21-28(33(39)40)17-22(18-29(21)35-13-15-36(16-14-35)31(38)42-32(2,3)4)19-34-30(37)41-20-27-25-11-7-5-9-23(25)24-10-6-8-12-26(24)27/h5-12,17-18,27,39-40H,13-16,19-20H2,1-4H3,(H,34,37). The number of piperazine rings is 1. The topological polar surface area (TPSA) is 112 Å². The molecule has 0 saturated carbocycles. The molecular formula is C32H38BN3O6. The van der Waals surface area contributed by atoms with E-state index in [2.05, 4.69) is 34.5 Å². The van der Waals surface area contributed by atoms with Crippen LogP contribution in [0, 0.1) is 6.92 Å². The van der Waals surface area contributed by atoms with Crippen LogP contribution in [0.2, 0.25) is 0 Å². The van der Waals surface area contributed by atoms with Gasteiger partial charge in [-0.05, 0) is 72.6 Å². The quantitative estimate of drug-likeness (QED) is 0.387. The van der Waals surface area contributed by atoms with E-state index in [1.807, 2.05) is 58.0 Å². The van der Waals surface area contributed by atoms with Gasteiger partial charge in [-0.1, -0.05) is 54.6 Å². The van der Waals surface area contributed by atoms with E-state index in [0.29, 0.717) is 37.2 Å². The number of hydrogen-bond acceptors (Lipinski definition) is 7. The van der Waals surface area contributed by atoms with Crippen molar-refractivity contribution in [2.75, 3.05) is 37.7 Å². The molecule has 1 fully saturated rings. The fourth-order valence-electron chi connectivity index (χ4n) is 5.76. The predicted molar refractivity (Wildman–Crippen MR) is 163 cm³/mol. The molecule has 5 rings (SSSR count). The van der Waals surface area contributed by atoms with Gasteiger partial charge in [0, 0.05) is 44.3 Å². The van der Waals surface area contributed by atoms with Crippen molar-refractivity contribution in [3.8, 4) is 11.1 Å². The van der Waals surface area contributed by atoms with Crippen LogP contribution < -0.4 is 15.7 Å². The molecule has 0 aromatic heterocycles. The SMILES string of the molecule is Cc1c(B(O)O)cc(CNC(=O)OCC2c3ccccc3-c3ccccc32)cc1N1CCN(C(=O)OC(C)(C)C)CC1. The molecular weight excluding hydrogens is 533 g/mol. The third kappa shape index (κ3) is 6.40. The maximum Gasteiger partial charge on any atom is 0.488 e. The zero-order chi connectivity index (χ0) is 30.0. The number of fused-ring (bicyclic) bond motifs is 3. The van der Waals surface area contributed by atoms with Gasteiger partial charge in [-0.2, -0.15) is 0 Å². The second-order valence-corrected chi connectivity index (χ2v) is 11.8. The van der Waals surface area contributed by atoms with Gasteiger partial charge in [0.25, 0.3) is 0 Å². The maximum atomic E-state index is 12.8. The lowest BCUT2D eigenvalue weighted by molar-refractivity contribution is 0.0240. The average molecular weight is 571 g/mol. The average Bonchev–Trinajstić information content (AvgIpc) is 3.28. The van der Waals surface area contributed by atoms with E-state index in [4.69, 9.17) is 9.47 Å². The van der Waals surface area contributed by atoms with Crippen LogP contribution in [-0.2, 0) is 16.0 Å². The van der Waals surface area contributed by atoms with E-state index in [9.17, 15) is 19.6 Å².